The van der Waals surface area contributed by atoms with Crippen LogP contribution >= 0.6 is 15.9 Å². The minimum Gasteiger partial charge on any atom is -0.380 e. The molecule has 2 aromatic rings. The predicted octanol–water partition coefficient (Wildman–Crippen LogP) is 4.86. The number of hydrogen-bond acceptors (Lipinski definition) is 2. The lowest BCUT2D eigenvalue weighted by molar-refractivity contribution is 1.10. The summed E-state index contributed by atoms with van der Waals surface area (Å²) in [5.41, 5.74) is 6.89. The number of aryl methyl sites for hydroxylation is 3. The van der Waals surface area contributed by atoms with E-state index in [0.29, 0.717) is 5.56 Å². The van der Waals surface area contributed by atoms with Crippen LogP contribution in [0.2, 0.25) is 0 Å². The first-order valence-corrected chi connectivity index (χ1v) is 7.31. The fraction of sp³-hybridized carbons (Fsp3) is 0.235. The summed E-state index contributed by atoms with van der Waals surface area (Å²) in [5.74, 6) is 0. The van der Waals surface area contributed by atoms with Crippen LogP contribution in [0.3, 0.4) is 0 Å². The van der Waals surface area contributed by atoms with Crippen molar-refractivity contribution in [2.75, 3.05) is 5.32 Å². The van der Waals surface area contributed by atoms with E-state index >= 15 is 0 Å². The average molecular weight is 329 g/mol. The Kier molecular flexibility index (Phi) is 4.46. The third kappa shape index (κ3) is 3.20. The van der Waals surface area contributed by atoms with Gasteiger partial charge in [0.2, 0.25) is 0 Å². The Bertz CT molecular complexity index is 684. The third-order valence-electron chi connectivity index (χ3n) is 3.52. The molecular weight excluding hydrogens is 312 g/mol. The van der Waals surface area contributed by atoms with Gasteiger partial charge in [-0.15, -0.1) is 0 Å². The molecule has 0 amide bonds. The molecule has 0 spiro atoms. The third-order valence-corrected chi connectivity index (χ3v) is 4.18. The van der Waals surface area contributed by atoms with Gasteiger partial charge in [-0.2, -0.15) is 5.26 Å². The summed E-state index contributed by atoms with van der Waals surface area (Å²) in [6, 6.07) is 12.2. The molecule has 0 atom stereocenters. The lowest BCUT2D eigenvalue weighted by Crippen LogP contribution is -2.03. The van der Waals surface area contributed by atoms with Crippen LogP contribution < -0.4 is 5.32 Å². The second kappa shape index (κ2) is 6.11. The minimum absolute atomic E-state index is 0.657. The molecule has 0 aliphatic carbocycles. The van der Waals surface area contributed by atoms with Gasteiger partial charge in [0, 0.05) is 16.7 Å². The first-order valence-electron chi connectivity index (χ1n) is 6.51. The second-order valence-corrected chi connectivity index (χ2v) is 5.88. The lowest BCUT2D eigenvalue weighted by Gasteiger charge is -2.13. The lowest BCUT2D eigenvalue weighted by atomic mass is 10.0. The molecule has 2 rings (SSSR count). The molecule has 0 radical (unpaired) electrons. The summed E-state index contributed by atoms with van der Waals surface area (Å²) in [7, 11) is 0. The van der Waals surface area contributed by atoms with Crippen molar-refractivity contribution in [3.8, 4) is 6.07 Å². The van der Waals surface area contributed by atoms with Gasteiger partial charge in [0.05, 0.1) is 11.6 Å². The molecular formula is C17H17BrN2. The predicted molar refractivity (Wildman–Crippen MR) is 86.8 cm³/mol. The van der Waals surface area contributed by atoms with Crippen molar-refractivity contribution in [1.82, 2.24) is 0 Å². The van der Waals surface area contributed by atoms with E-state index in [4.69, 9.17) is 5.26 Å². The van der Waals surface area contributed by atoms with Crippen molar-refractivity contribution in [2.45, 2.75) is 27.3 Å². The van der Waals surface area contributed by atoms with E-state index < -0.39 is 0 Å². The Hall–Kier alpha value is -1.79. The zero-order chi connectivity index (χ0) is 14.7. The summed E-state index contributed by atoms with van der Waals surface area (Å²) < 4.78 is 0.915. The standard InChI is InChI=1S/C17H17BrN2/c1-11-6-13(3)15(7-12(11)2)10-20-17-5-4-14(9-19)8-16(17)18/h4-8,20H,10H2,1-3H3. The molecule has 3 heteroatoms. The van der Waals surface area contributed by atoms with Crippen molar-refractivity contribution in [3.63, 3.8) is 0 Å². The van der Waals surface area contributed by atoms with E-state index in [9.17, 15) is 0 Å². The highest BCUT2D eigenvalue weighted by atomic mass is 79.9. The molecule has 1 N–H and O–H groups in total. The number of halogens is 1. The maximum absolute atomic E-state index is 8.86. The first-order chi connectivity index (χ1) is 9.51. The summed E-state index contributed by atoms with van der Waals surface area (Å²) in [6.45, 7) is 7.18. The number of nitrogens with one attached hydrogen (secondary N) is 1. The zero-order valence-corrected chi connectivity index (χ0v) is 13.5. The molecule has 0 fully saturated rings. The van der Waals surface area contributed by atoms with Gasteiger partial charge in [-0.1, -0.05) is 12.1 Å². The molecule has 0 aromatic heterocycles. The summed E-state index contributed by atoms with van der Waals surface area (Å²) in [6.07, 6.45) is 0. The summed E-state index contributed by atoms with van der Waals surface area (Å²) >= 11 is 3.49. The Morgan fingerprint density at radius 1 is 1.05 bits per heavy atom. The highest BCUT2D eigenvalue weighted by Gasteiger charge is 2.04. The van der Waals surface area contributed by atoms with Crippen molar-refractivity contribution in [2.24, 2.45) is 0 Å². The molecule has 20 heavy (non-hydrogen) atoms. The van der Waals surface area contributed by atoms with Crippen molar-refractivity contribution in [1.29, 1.82) is 5.26 Å². The van der Waals surface area contributed by atoms with E-state index in [2.05, 4.69) is 60.2 Å². The number of hydrogen-bond donors (Lipinski definition) is 1. The Morgan fingerprint density at radius 3 is 2.40 bits per heavy atom. The van der Waals surface area contributed by atoms with E-state index in [-0.39, 0.29) is 0 Å². The van der Waals surface area contributed by atoms with E-state index in [1.54, 1.807) is 0 Å². The molecule has 0 unspecified atom stereocenters. The second-order valence-electron chi connectivity index (χ2n) is 5.02. The summed E-state index contributed by atoms with van der Waals surface area (Å²) in [5, 5.41) is 12.3. The SMILES string of the molecule is Cc1cc(C)c(CNc2ccc(C#N)cc2Br)cc1C. The van der Waals surface area contributed by atoms with Gasteiger partial charge >= 0.3 is 0 Å². The number of nitriles is 1. The number of anilines is 1. The Labute approximate surface area is 128 Å². The molecule has 0 aliphatic rings. The van der Waals surface area contributed by atoms with Crippen LogP contribution in [0.1, 0.15) is 27.8 Å². The van der Waals surface area contributed by atoms with Crippen molar-refractivity contribution < 1.29 is 0 Å². The maximum Gasteiger partial charge on any atom is 0.0992 e. The van der Waals surface area contributed by atoms with Crippen LogP contribution in [0.25, 0.3) is 0 Å². The molecule has 102 valence electrons. The van der Waals surface area contributed by atoms with Gasteiger partial charge in [-0.05, 0) is 77.2 Å². The van der Waals surface area contributed by atoms with Gasteiger partial charge in [-0.25, -0.2) is 0 Å². The van der Waals surface area contributed by atoms with Gasteiger partial charge < -0.3 is 5.32 Å². The molecule has 2 aromatic carbocycles. The van der Waals surface area contributed by atoms with Crippen LogP contribution in [0.5, 0.6) is 0 Å². The number of nitrogens with zero attached hydrogens (tertiary/aromatic N) is 1. The largest absolute Gasteiger partial charge is 0.380 e. The van der Waals surface area contributed by atoms with Crippen LogP contribution in [-0.2, 0) is 6.54 Å². The molecule has 0 saturated carbocycles. The van der Waals surface area contributed by atoms with E-state index in [0.717, 1.165) is 16.7 Å². The summed E-state index contributed by atoms with van der Waals surface area (Å²) in [4.78, 5) is 0. The van der Waals surface area contributed by atoms with Gasteiger partial charge in [0.15, 0.2) is 0 Å². The van der Waals surface area contributed by atoms with Gasteiger partial charge in [0.25, 0.3) is 0 Å². The Balaban J connectivity index is 2.17. The van der Waals surface area contributed by atoms with Crippen LogP contribution in [-0.4, -0.2) is 0 Å². The molecule has 2 nitrogen and oxygen atoms in total. The fourth-order valence-electron chi connectivity index (χ4n) is 2.13. The monoisotopic (exact) mass is 328 g/mol. The molecule has 0 saturated heterocycles. The highest BCUT2D eigenvalue weighted by Crippen LogP contribution is 2.25. The van der Waals surface area contributed by atoms with Crippen LogP contribution in [0, 0.1) is 32.1 Å². The molecule has 0 bridgehead atoms. The molecule has 0 heterocycles. The number of benzene rings is 2. The van der Waals surface area contributed by atoms with Crippen LogP contribution in [0.4, 0.5) is 5.69 Å². The van der Waals surface area contributed by atoms with Gasteiger partial charge in [-0.3, -0.25) is 0 Å². The Morgan fingerprint density at radius 2 is 1.75 bits per heavy atom. The van der Waals surface area contributed by atoms with Crippen molar-refractivity contribution >= 4 is 21.6 Å². The van der Waals surface area contributed by atoms with Crippen LogP contribution in [0.15, 0.2) is 34.8 Å². The van der Waals surface area contributed by atoms with Crippen molar-refractivity contribution in [3.05, 3.63) is 62.6 Å². The van der Waals surface area contributed by atoms with E-state index in [1.807, 2.05) is 18.2 Å². The first kappa shape index (κ1) is 14.6. The molecule has 0 aliphatic heterocycles. The smallest absolute Gasteiger partial charge is 0.0992 e. The maximum atomic E-state index is 8.86. The topological polar surface area (TPSA) is 35.8 Å². The minimum atomic E-state index is 0.657. The fourth-order valence-corrected chi connectivity index (χ4v) is 2.65. The number of rotatable bonds is 3. The normalized spacial score (nSPS) is 10.2. The van der Waals surface area contributed by atoms with E-state index in [1.165, 1.54) is 22.3 Å². The average Bonchev–Trinajstić information content (AvgIpc) is 2.42. The van der Waals surface area contributed by atoms with Gasteiger partial charge in [0.1, 0.15) is 0 Å². The zero-order valence-electron chi connectivity index (χ0n) is 11.9. The highest BCUT2D eigenvalue weighted by molar-refractivity contribution is 9.10. The quantitative estimate of drug-likeness (QED) is 0.873.